The summed E-state index contributed by atoms with van der Waals surface area (Å²) >= 11 is 1.30. The van der Waals surface area contributed by atoms with Gasteiger partial charge in [0.05, 0.1) is 26.0 Å². The Morgan fingerprint density at radius 1 is 1.18 bits per heavy atom. The van der Waals surface area contributed by atoms with Crippen LogP contribution < -0.4 is 14.8 Å². The molecule has 1 fully saturated rings. The largest absolute Gasteiger partial charge is 0.497 e. The van der Waals surface area contributed by atoms with E-state index in [0.29, 0.717) is 34.5 Å². The summed E-state index contributed by atoms with van der Waals surface area (Å²) in [4.78, 5) is 27.7. The molecule has 0 saturated carbocycles. The fourth-order valence-electron chi connectivity index (χ4n) is 4.05. The van der Waals surface area contributed by atoms with E-state index in [2.05, 4.69) is 15.5 Å². The molecular weight excluding hydrogens is 454 g/mol. The lowest BCUT2D eigenvalue weighted by molar-refractivity contribution is -0.113. The molecule has 178 valence electrons. The van der Waals surface area contributed by atoms with Crippen LogP contribution in [0.5, 0.6) is 11.5 Å². The lowest BCUT2D eigenvalue weighted by Gasteiger charge is -2.27. The summed E-state index contributed by atoms with van der Waals surface area (Å²) < 4.78 is 12.6. The summed E-state index contributed by atoms with van der Waals surface area (Å²) in [5, 5.41) is 11.3. The Balaban J connectivity index is 1.46. The quantitative estimate of drug-likeness (QED) is 0.492. The summed E-state index contributed by atoms with van der Waals surface area (Å²) in [5.74, 6) is 1.34. The van der Waals surface area contributed by atoms with E-state index >= 15 is 0 Å². The topological polar surface area (TPSA) is 98.6 Å². The Kier molecular flexibility index (Phi) is 7.36. The summed E-state index contributed by atoms with van der Waals surface area (Å²) in [7, 11) is 5.05. The molecule has 1 N–H and O–H groups in total. The maximum absolute atomic E-state index is 13.4. The molecule has 0 aliphatic carbocycles. The Morgan fingerprint density at radius 3 is 2.76 bits per heavy atom. The van der Waals surface area contributed by atoms with Crippen molar-refractivity contribution in [2.45, 2.75) is 24.0 Å². The minimum Gasteiger partial charge on any atom is -0.497 e. The van der Waals surface area contributed by atoms with E-state index in [4.69, 9.17) is 9.47 Å². The number of likely N-dealkylation sites (tertiary alicyclic amines) is 1. The number of carbonyl (C=O) groups excluding carboxylic acids is 2. The molecule has 0 spiro atoms. The van der Waals surface area contributed by atoms with Crippen LogP contribution in [0.25, 0.3) is 0 Å². The van der Waals surface area contributed by atoms with E-state index < -0.39 is 0 Å². The third-order valence-electron chi connectivity index (χ3n) is 5.71. The van der Waals surface area contributed by atoms with Crippen LogP contribution in [0.15, 0.2) is 53.9 Å². The minimum absolute atomic E-state index is 0.0788. The fourth-order valence-corrected chi connectivity index (χ4v) is 4.74. The van der Waals surface area contributed by atoms with Crippen molar-refractivity contribution in [1.82, 2.24) is 19.7 Å². The molecule has 0 radical (unpaired) electrons. The molecule has 1 unspecified atom stereocenters. The molecule has 1 aliphatic rings. The van der Waals surface area contributed by atoms with E-state index in [1.165, 1.54) is 11.8 Å². The summed E-state index contributed by atoms with van der Waals surface area (Å²) in [6.45, 7) is 0.656. The average molecular weight is 482 g/mol. The highest BCUT2D eigenvalue weighted by molar-refractivity contribution is 7.99. The van der Waals surface area contributed by atoms with Gasteiger partial charge in [-0.25, -0.2) is 0 Å². The second-order valence-corrected chi connectivity index (χ2v) is 8.85. The maximum atomic E-state index is 13.4. The van der Waals surface area contributed by atoms with Crippen LogP contribution in [-0.2, 0) is 11.8 Å². The van der Waals surface area contributed by atoms with Crippen molar-refractivity contribution >= 4 is 29.3 Å². The lowest BCUT2D eigenvalue weighted by Crippen LogP contribution is -2.30. The van der Waals surface area contributed by atoms with Gasteiger partial charge < -0.3 is 24.3 Å². The molecule has 9 nitrogen and oxygen atoms in total. The molecule has 1 atom stereocenters. The minimum atomic E-state index is -0.181. The molecule has 34 heavy (non-hydrogen) atoms. The first-order valence-corrected chi connectivity index (χ1v) is 11.9. The Morgan fingerprint density at radius 2 is 2.03 bits per heavy atom. The zero-order chi connectivity index (χ0) is 24.1. The lowest BCUT2D eigenvalue weighted by atomic mass is 10.0. The monoisotopic (exact) mass is 481 g/mol. The number of nitrogens with one attached hydrogen (secondary N) is 1. The van der Waals surface area contributed by atoms with Crippen molar-refractivity contribution in [3.63, 3.8) is 0 Å². The predicted octanol–water partition coefficient (Wildman–Crippen LogP) is 3.54. The van der Waals surface area contributed by atoms with Crippen molar-refractivity contribution in [2.75, 3.05) is 31.8 Å². The van der Waals surface area contributed by atoms with Gasteiger partial charge in [0, 0.05) is 36.5 Å². The highest BCUT2D eigenvalue weighted by Crippen LogP contribution is 2.39. The second-order valence-electron chi connectivity index (χ2n) is 7.91. The van der Waals surface area contributed by atoms with Gasteiger partial charge in [-0.15, -0.1) is 10.2 Å². The normalized spacial score (nSPS) is 15.3. The highest BCUT2D eigenvalue weighted by Gasteiger charge is 2.32. The van der Waals surface area contributed by atoms with Crippen LogP contribution >= 0.6 is 11.8 Å². The molecule has 10 heteroatoms. The van der Waals surface area contributed by atoms with Gasteiger partial charge in [0.15, 0.2) is 5.16 Å². The van der Waals surface area contributed by atoms with Gasteiger partial charge in [0.1, 0.15) is 17.8 Å². The molecule has 1 aliphatic heterocycles. The van der Waals surface area contributed by atoms with Crippen LogP contribution in [0.2, 0.25) is 0 Å². The number of aromatic nitrogens is 3. The molecule has 2 heterocycles. The smallest absolute Gasteiger partial charge is 0.254 e. The fraction of sp³-hybridized carbons (Fsp3) is 0.333. The number of thioether (sulfide) groups is 1. The predicted molar refractivity (Wildman–Crippen MR) is 129 cm³/mol. The Hall–Kier alpha value is -3.53. The highest BCUT2D eigenvalue weighted by atomic mass is 32.2. The molecule has 2 aromatic carbocycles. The summed E-state index contributed by atoms with van der Waals surface area (Å²) in [6.07, 6.45) is 3.34. The number of nitrogens with zero attached hydrogens (tertiary/aromatic N) is 4. The number of aryl methyl sites for hydroxylation is 1. The van der Waals surface area contributed by atoms with E-state index in [0.717, 1.165) is 18.4 Å². The molecule has 2 amide bonds. The van der Waals surface area contributed by atoms with Crippen molar-refractivity contribution in [3.8, 4) is 11.5 Å². The second kappa shape index (κ2) is 10.6. The standard InChI is InChI=1S/C24H27N5O4S/c1-28-15-25-27-24(28)34-14-22(30)26-17-7-4-6-16(12-17)23(31)29-11-5-8-20(29)19-10-9-18(32-2)13-21(19)33-3/h4,6-7,9-10,12-13,15,20H,5,8,11,14H2,1-3H3,(H,26,30). The first-order valence-electron chi connectivity index (χ1n) is 10.9. The van der Waals surface area contributed by atoms with E-state index in [1.807, 2.05) is 30.1 Å². The van der Waals surface area contributed by atoms with Gasteiger partial charge in [0.25, 0.3) is 5.91 Å². The van der Waals surface area contributed by atoms with Crippen molar-refractivity contribution < 1.29 is 19.1 Å². The van der Waals surface area contributed by atoms with Crippen molar-refractivity contribution in [3.05, 3.63) is 59.9 Å². The molecule has 1 saturated heterocycles. The van der Waals surface area contributed by atoms with Crippen LogP contribution in [0, 0.1) is 0 Å². The first kappa shape index (κ1) is 23.6. The van der Waals surface area contributed by atoms with Crippen LogP contribution in [0.4, 0.5) is 5.69 Å². The third-order valence-corrected chi connectivity index (χ3v) is 6.74. The number of amides is 2. The first-order chi connectivity index (χ1) is 16.5. The maximum Gasteiger partial charge on any atom is 0.254 e. The average Bonchev–Trinajstić information content (AvgIpc) is 3.51. The van der Waals surface area contributed by atoms with E-state index in [9.17, 15) is 9.59 Å². The molecular formula is C24H27N5O4S. The van der Waals surface area contributed by atoms with Gasteiger partial charge in [-0.05, 0) is 43.2 Å². The van der Waals surface area contributed by atoms with Gasteiger partial charge in [-0.1, -0.05) is 17.8 Å². The third kappa shape index (κ3) is 5.17. The number of methoxy groups -OCH3 is 2. The van der Waals surface area contributed by atoms with E-state index in [-0.39, 0.29) is 23.6 Å². The Labute approximate surface area is 202 Å². The Bertz CT molecular complexity index is 1180. The van der Waals surface area contributed by atoms with Gasteiger partial charge in [-0.3, -0.25) is 9.59 Å². The van der Waals surface area contributed by atoms with Gasteiger partial charge >= 0.3 is 0 Å². The van der Waals surface area contributed by atoms with E-state index in [1.54, 1.807) is 49.4 Å². The molecule has 1 aromatic heterocycles. The van der Waals surface area contributed by atoms with Crippen LogP contribution in [0.3, 0.4) is 0 Å². The molecule has 0 bridgehead atoms. The zero-order valence-corrected chi connectivity index (χ0v) is 20.2. The SMILES string of the molecule is COc1ccc(C2CCCN2C(=O)c2cccc(NC(=O)CSc3nncn3C)c2)c(OC)c1. The van der Waals surface area contributed by atoms with Gasteiger partial charge in [0.2, 0.25) is 5.91 Å². The van der Waals surface area contributed by atoms with Crippen LogP contribution in [-0.4, -0.2) is 58.0 Å². The molecule has 3 aromatic rings. The van der Waals surface area contributed by atoms with Gasteiger partial charge in [-0.2, -0.15) is 0 Å². The summed E-state index contributed by atoms with van der Waals surface area (Å²) in [6, 6.07) is 12.6. The van der Waals surface area contributed by atoms with Crippen molar-refractivity contribution in [1.29, 1.82) is 0 Å². The zero-order valence-electron chi connectivity index (χ0n) is 19.4. The molecule has 4 rings (SSSR count). The number of carbonyl (C=O) groups is 2. The number of ether oxygens (including phenoxy) is 2. The van der Waals surface area contributed by atoms with Crippen LogP contribution in [0.1, 0.15) is 34.8 Å². The number of rotatable bonds is 8. The van der Waals surface area contributed by atoms with Crippen molar-refractivity contribution in [2.24, 2.45) is 7.05 Å². The number of anilines is 1. The number of benzene rings is 2. The number of hydrogen-bond acceptors (Lipinski definition) is 7. The number of hydrogen-bond donors (Lipinski definition) is 1. The summed E-state index contributed by atoms with van der Waals surface area (Å²) in [5.41, 5.74) is 2.06.